The SMILES string of the molecule is COc1ccc2c(c1)=C1CCN3C(=O)c4ccccc4N(C)C3=C1N=2. The van der Waals surface area contributed by atoms with E-state index in [2.05, 4.69) is 4.90 Å². The molecule has 5 rings (SSSR count). The molecule has 5 nitrogen and oxygen atoms in total. The van der Waals surface area contributed by atoms with E-state index in [4.69, 9.17) is 9.73 Å². The maximum Gasteiger partial charge on any atom is 0.261 e. The monoisotopic (exact) mass is 331 g/mol. The zero-order valence-corrected chi connectivity index (χ0v) is 14.1. The Bertz CT molecular complexity index is 1080. The first-order valence-corrected chi connectivity index (χ1v) is 8.34. The van der Waals surface area contributed by atoms with Crippen LogP contribution in [0.5, 0.6) is 5.75 Å². The highest BCUT2D eigenvalue weighted by Crippen LogP contribution is 2.39. The summed E-state index contributed by atoms with van der Waals surface area (Å²) >= 11 is 0. The van der Waals surface area contributed by atoms with Crippen LogP contribution in [0.2, 0.25) is 0 Å². The van der Waals surface area contributed by atoms with Crippen molar-refractivity contribution in [2.45, 2.75) is 6.42 Å². The van der Waals surface area contributed by atoms with E-state index in [1.54, 1.807) is 7.11 Å². The van der Waals surface area contributed by atoms with Gasteiger partial charge in [0.1, 0.15) is 17.3 Å². The number of amides is 1. The predicted molar refractivity (Wildman–Crippen MR) is 94.7 cm³/mol. The first-order valence-electron chi connectivity index (χ1n) is 8.34. The summed E-state index contributed by atoms with van der Waals surface area (Å²) in [5, 5.41) is 2.06. The second-order valence-corrected chi connectivity index (χ2v) is 6.43. The van der Waals surface area contributed by atoms with Gasteiger partial charge in [-0.15, -0.1) is 0 Å². The van der Waals surface area contributed by atoms with Gasteiger partial charge >= 0.3 is 0 Å². The normalized spacial score (nSPS) is 17.7. The third-order valence-corrected chi connectivity index (χ3v) is 5.16. The molecule has 0 saturated heterocycles. The van der Waals surface area contributed by atoms with E-state index in [9.17, 15) is 4.79 Å². The number of ether oxygens (including phenoxy) is 1. The Kier molecular flexibility index (Phi) is 2.83. The van der Waals surface area contributed by atoms with Crippen molar-refractivity contribution < 1.29 is 9.53 Å². The van der Waals surface area contributed by atoms with Gasteiger partial charge < -0.3 is 9.64 Å². The Hall–Kier alpha value is -3.08. The largest absolute Gasteiger partial charge is 0.497 e. The highest BCUT2D eigenvalue weighted by Gasteiger charge is 2.38. The molecule has 0 saturated carbocycles. The minimum absolute atomic E-state index is 0.0546. The number of carbonyl (C=O) groups is 1. The maximum atomic E-state index is 13.0. The van der Waals surface area contributed by atoms with Crippen molar-refractivity contribution in [2.75, 3.05) is 25.6 Å². The molecule has 0 unspecified atom stereocenters. The zero-order valence-electron chi connectivity index (χ0n) is 14.1. The van der Waals surface area contributed by atoms with E-state index >= 15 is 0 Å². The molecule has 3 heterocycles. The molecule has 2 aromatic carbocycles. The first-order chi connectivity index (χ1) is 12.2. The summed E-state index contributed by atoms with van der Waals surface area (Å²) in [5.74, 6) is 1.76. The summed E-state index contributed by atoms with van der Waals surface area (Å²) in [6.45, 7) is 0.665. The van der Waals surface area contributed by atoms with Crippen molar-refractivity contribution in [1.82, 2.24) is 4.90 Å². The van der Waals surface area contributed by atoms with Crippen molar-refractivity contribution in [3.05, 3.63) is 70.1 Å². The smallest absolute Gasteiger partial charge is 0.261 e. The molecule has 0 spiro atoms. The number of benzene rings is 2. The van der Waals surface area contributed by atoms with Gasteiger partial charge in [-0.25, -0.2) is 4.99 Å². The average Bonchev–Trinajstić information content (AvgIpc) is 3.03. The van der Waals surface area contributed by atoms with Gasteiger partial charge in [0, 0.05) is 18.8 Å². The van der Waals surface area contributed by atoms with Crippen LogP contribution in [0, 0.1) is 0 Å². The second kappa shape index (κ2) is 4.96. The van der Waals surface area contributed by atoms with Gasteiger partial charge in [-0.05, 0) is 42.3 Å². The summed E-state index contributed by atoms with van der Waals surface area (Å²) in [6.07, 6.45) is 0.796. The number of nitrogens with zero attached hydrogens (tertiary/aromatic N) is 3. The Morgan fingerprint density at radius 3 is 2.84 bits per heavy atom. The van der Waals surface area contributed by atoms with Crippen LogP contribution < -0.4 is 20.2 Å². The van der Waals surface area contributed by atoms with Crippen molar-refractivity contribution in [1.29, 1.82) is 0 Å². The molecule has 0 bridgehead atoms. The lowest BCUT2D eigenvalue weighted by Gasteiger charge is -2.41. The van der Waals surface area contributed by atoms with Crippen LogP contribution in [0.25, 0.3) is 5.57 Å². The third-order valence-electron chi connectivity index (χ3n) is 5.16. The molecule has 5 heteroatoms. The van der Waals surface area contributed by atoms with Crippen LogP contribution in [0.4, 0.5) is 5.69 Å². The highest BCUT2D eigenvalue weighted by atomic mass is 16.5. The number of hydrogen-bond donors (Lipinski definition) is 0. The summed E-state index contributed by atoms with van der Waals surface area (Å²) < 4.78 is 5.36. The molecular formula is C20H17N3O2. The molecular weight excluding hydrogens is 314 g/mol. The highest BCUT2D eigenvalue weighted by molar-refractivity contribution is 6.04. The summed E-state index contributed by atoms with van der Waals surface area (Å²) in [4.78, 5) is 21.7. The van der Waals surface area contributed by atoms with Crippen molar-refractivity contribution in [3.63, 3.8) is 0 Å². The fourth-order valence-corrected chi connectivity index (χ4v) is 3.94. The second-order valence-electron chi connectivity index (χ2n) is 6.43. The van der Waals surface area contributed by atoms with Crippen LogP contribution in [0.3, 0.4) is 0 Å². The zero-order chi connectivity index (χ0) is 17.1. The lowest BCUT2D eigenvalue weighted by atomic mass is 9.99. The number of fused-ring (bicyclic) bond motifs is 4. The summed E-state index contributed by atoms with van der Waals surface area (Å²) in [6, 6.07) is 13.7. The standard InChI is InChI=1S/C20H17N3O2/c1-22-17-6-4-3-5-14(17)20(24)23-10-9-13-15-11-12(25-2)7-8-16(15)21-18(13)19(22)23/h3-8,11H,9-10H2,1-2H3. The number of rotatable bonds is 1. The van der Waals surface area contributed by atoms with Crippen molar-refractivity contribution in [3.8, 4) is 5.75 Å². The van der Waals surface area contributed by atoms with Gasteiger partial charge in [0.05, 0.1) is 23.7 Å². The van der Waals surface area contributed by atoms with E-state index in [0.29, 0.717) is 6.54 Å². The maximum absolute atomic E-state index is 13.0. The lowest BCUT2D eigenvalue weighted by molar-refractivity contribution is 0.0791. The van der Waals surface area contributed by atoms with Crippen LogP contribution in [-0.2, 0) is 0 Å². The lowest BCUT2D eigenvalue weighted by Crippen LogP contribution is -2.46. The van der Waals surface area contributed by atoms with Crippen molar-refractivity contribution in [2.24, 2.45) is 4.99 Å². The number of hydrogen-bond acceptors (Lipinski definition) is 4. The Morgan fingerprint density at radius 2 is 2.00 bits per heavy atom. The minimum Gasteiger partial charge on any atom is -0.497 e. The molecule has 0 radical (unpaired) electrons. The van der Waals surface area contributed by atoms with E-state index in [1.807, 2.05) is 54.4 Å². The molecule has 3 aliphatic heterocycles. The Morgan fingerprint density at radius 1 is 1.16 bits per heavy atom. The van der Waals surface area contributed by atoms with Gasteiger partial charge in [0.15, 0.2) is 0 Å². The van der Waals surface area contributed by atoms with Crippen molar-refractivity contribution >= 4 is 17.2 Å². The van der Waals surface area contributed by atoms with Crippen LogP contribution >= 0.6 is 0 Å². The molecule has 2 aromatic rings. The van der Waals surface area contributed by atoms with Gasteiger partial charge in [0.25, 0.3) is 5.91 Å². The Labute approximate surface area is 145 Å². The van der Waals surface area contributed by atoms with E-state index in [0.717, 1.165) is 45.5 Å². The van der Waals surface area contributed by atoms with E-state index in [1.165, 1.54) is 5.57 Å². The third kappa shape index (κ3) is 1.83. The molecule has 124 valence electrons. The van der Waals surface area contributed by atoms with Gasteiger partial charge in [-0.2, -0.15) is 0 Å². The molecule has 0 N–H and O–H groups in total. The first kappa shape index (κ1) is 14.3. The predicted octanol–water partition coefficient (Wildman–Crippen LogP) is 1.64. The number of para-hydroxylation sites is 1. The van der Waals surface area contributed by atoms with Gasteiger partial charge in [-0.3, -0.25) is 9.69 Å². The number of anilines is 1. The number of carbonyl (C=O) groups excluding carboxylic acids is 1. The van der Waals surface area contributed by atoms with Gasteiger partial charge in [0.2, 0.25) is 0 Å². The van der Waals surface area contributed by atoms with Gasteiger partial charge in [-0.1, -0.05) is 12.1 Å². The van der Waals surface area contributed by atoms with E-state index < -0.39 is 0 Å². The molecule has 0 aliphatic carbocycles. The quantitative estimate of drug-likeness (QED) is 0.798. The topological polar surface area (TPSA) is 45.1 Å². The minimum atomic E-state index is 0.0546. The van der Waals surface area contributed by atoms with E-state index in [-0.39, 0.29) is 5.91 Å². The fourth-order valence-electron chi connectivity index (χ4n) is 3.94. The Balaban J connectivity index is 1.79. The summed E-state index contributed by atoms with van der Waals surface area (Å²) in [7, 11) is 3.67. The molecule has 0 atom stereocenters. The average molecular weight is 331 g/mol. The summed E-state index contributed by atoms with van der Waals surface area (Å²) in [5.41, 5.74) is 3.77. The molecule has 3 aliphatic rings. The van der Waals surface area contributed by atoms with Crippen LogP contribution in [0.1, 0.15) is 16.8 Å². The molecule has 0 fully saturated rings. The number of methoxy groups -OCH3 is 1. The number of allylic oxidation sites excluding steroid dienone is 1. The van der Waals surface area contributed by atoms with Crippen LogP contribution in [0.15, 0.2) is 59.0 Å². The molecule has 25 heavy (non-hydrogen) atoms. The molecule has 0 aromatic heterocycles. The fraction of sp³-hybridized carbons (Fsp3) is 0.200. The van der Waals surface area contributed by atoms with Crippen LogP contribution in [-0.4, -0.2) is 31.5 Å². The molecule has 1 amide bonds.